The smallest absolute Gasteiger partial charge is 0.233 e. The van der Waals surface area contributed by atoms with Crippen molar-refractivity contribution in [3.8, 4) is 5.88 Å². The van der Waals surface area contributed by atoms with Crippen LogP contribution in [0.15, 0.2) is 22.8 Å². The van der Waals surface area contributed by atoms with Crippen molar-refractivity contribution < 1.29 is 4.74 Å². The summed E-state index contributed by atoms with van der Waals surface area (Å²) < 4.78 is 8.00. The van der Waals surface area contributed by atoms with Gasteiger partial charge in [-0.05, 0) is 41.9 Å². The molecule has 0 amide bonds. The van der Waals surface area contributed by atoms with Crippen LogP contribution in [0.3, 0.4) is 0 Å². The van der Waals surface area contributed by atoms with E-state index >= 15 is 0 Å². The van der Waals surface area contributed by atoms with Gasteiger partial charge < -0.3 is 10.1 Å². The molecule has 0 aliphatic heterocycles. The number of hydrogen-bond acceptors (Lipinski definition) is 5. The van der Waals surface area contributed by atoms with Crippen molar-refractivity contribution in [1.82, 2.24) is 25.3 Å². The van der Waals surface area contributed by atoms with E-state index in [-0.39, 0.29) is 6.04 Å². The van der Waals surface area contributed by atoms with Gasteiger partial charge in [0.15, 0.2) is 0 Å². The summed E-state index contributed by atoms with van der Waals surface area (Å²) in [5, 5.41) is 16.2. The molecule has 0 aliphatic carbocycles. The lowest BCUT2D eigenvalue weighted by atomic mass is 10.1. The van der Waals surface area contributed by atoms with Gasteiger partial charge in [0.25, 0.3) is 0 Å². The Bertz CT molecular complexity index is 569. The van der Waals surface area contributed by atoms with Gasteiger partial charge in [0.05, 0.1) is 35.2 Å². The molecular formula is C14H20BrN5O. The number of methoxy groups -OCH3 is 1. The number of aromatic nitrogens is 4. The molecule has 21 heavy (non-hydrogen) atoms. The summed E-state index contributed by atoms with van der Waals surface area (Å²) in [5.41, 5.74) is 1.91. The number of hydrogen-bond donors (Lipinski definition) is 1. The highest BCUT2D eigenvalue weighted by Crippen LogP contribution is 2.28. The molecule has 6 nitrogen and oxygen atoms in total. The van der Waals surface area contributed by atoms with Crippen molar-refractivity contribution in [3.05, 3.63) is 34.2 Å². The number of ether oxygens (including phenoxy) is 1. The predicted molar refractivity (Wildman–Crippen MR) is 84.3 cm³/mol. The maximum Gasteiger partial charge on any atom is 0.233 e. The molecule has 2 aromatic rings. The summed E-state index contributed by atoms with van der Waals surface area (Å²) in [7, 11) is 1.58. The molecule has 2 heterocycles. The standard InChI is InChI=1S/C14H20BrN5O/c1-4-8-16-13(11-6-7-12(21-3)19-18-11)14-10(15)9-17-20(14)5-2/h6-7,9,13,16H,4-5,8H2,1-3H3. The van der Waals surface area contributed by atoms with Gasteiger partial charge in [0, 0.05) is 12.6 Å². The van der Waals surface area contributed by atoms with Crippen LogP contribution in [-0.4, -0.2) is 33.6 Å². The van der Waals surface area contributed by atoms with Crippen LogP contribution in [0, 0.1) is 0 Å². The molecule has 0 spiro atoms. The highest BCUT2D eigenvalue weighted by molar-refractivity contribution is 9.10. The first-order valence-corrected chi connectivity index (χ1v) is 7.82. The van der Waals surface area contributed by atoms with Crippen LogP contribution in [-0.2, 0) is 6.54 Å². The Kier molecular flexibility index (Phi) is 5.69. The average Bonchev–Trinajstić information content (AvgIpc) is 2.89. The summed E-state index contributed by atoms with van der Waals surface area (Å²) in [6.45, 7) is 5.89. The van der Waals surface area contributed by atoms with Gasteiger partial charge >= 0.3 is 0 Å². The predicted octanol–water partition coefficient (Wildman–Crippen LogP) is 2.55. The van der Waals surface area contributed by atoms with Crippen molar-refractivity contribution in [1.29, 1.82) is 0 Å². The highest BCUT2D eigenvalue weighted by Gasteiger charge is 2.22. The molecule has 0 bridgehead atoms. The Hall–Kier alpha value is -1.47. The zero-order chi connectivity index (χ0) is 15.2. The van der Waals surface area contributed by atoms with Gasteiger partial charge in [-0.15, -0.1) is 10.2 Å². The summed E-state index contributed by atoms with van der Waals surface area (Å²) in [6.07, 6.45) is 2.86. The second-order valence-corrected chi connectivity index (χ2v) is 5.44. The lowest BCUT2D eigenvalue weighted by Gasteiger charge is -2.19. The Labute approximate surface area is 133 Å². The minimum Gasteiger partial charge on any atom is -0.480 e. The molecule has 0 aliphatic rings. The van der Waals surface area contributed by atoms with Gasteiger partial charge in [-0.3, -0.25) is 4.68 Å². The number of aryl methyl sites for hydroxylation is 1. The topological polar surface area (TPSA) is 64.9 Å². The Morgan fingerprint density at radius 2 is 2.14 bits per heavy atom. The fourth-order valence-corrected chi connectivity index (χ4v) is 2.66. The fourth-order valence-electron chi connectivity index (χ4n) is 2.13. The van der Waals surface area contributed by atoms with Crippen LogP contribution in [0.5, 0.6) is 5.88 Å². The van der Waals surface area contributed by atoms with Gasteiger partial charge in [0.2, 0.25) is 5.88 Å². The third-order valence-corrected chi connectivity index (χ3v) is 3.78. The third kappa shape index (κ3) is 3.59. The molecule has 2 rings (SSSR count). The molecule has 2 aromatic heterocycles. The number of halogens is 1. The van der Waals surface area contributed by atoms with Crippen molar-refractivity contribution in [3.63, 3.8) is 0 Å². The molecule has 7 heteroatoms. The minimum atomic E-state index is -0.0554. The first-order chi connectivity index (χ1) is 10.2. The molecule has 0 aromatic carbocycles. The van der Waals surface area contributed by atoms with Crippen molar-refractivity contribution in [2.75, 3.05) is 13.7 Å². The number of nitrogens with zero attached hydrogens (tertiary/aromatic N) is 4. The summed E-state index contributed by atoms with van der Waals surface area (Å²) in [6, 6.07) is 3.70. The zero-order valence-corrected chi connectivity index (χ0v) is 14.1. The summed E-state index contributed by atoms with van der Waals surface area (Å²) >= 11 is 3.58. The van der Waals surface area contributed by atoms with E-state index in [9.17, 15) is 0 Å². The van der Waals surface area contributed by atoms with Gasteiger partial charge in [-0.2, -0.15) is 5.10 Å². The normalized spacial score (nSPS) is 12.4. The van der Waals surface area contributed by atoms with E-state index < -0.39 is 0 Å². The largest absolute Gasteiger partial charge is 0.480 e. The molecule has 1 unspecified atom stereocenters. The molecular weight excluding hydrogens is 334 g/mol. The molecule has 0 radical (unpaired) electrons. The Morgan fingerprint density at radius 1 is 1.33 bits per heavy atom. The second-order valence-electron chi connectivity index (χ2n) is 4.58. The van der Waals surface area contributed by atoms with Crippen LogP contribution in [0.4, 0.5) is 0 Å². The number of rotatable bonds is 7. The quantitative estimate of drug-likeness (QED) is 0.828. The van der Waals surface area contributed by atoms with Crippen molar-refractivity contribution in [2.24, 2.45) is 0 Å². The molecule has 1 atom stereocenters. The number of nitrogens with one attached hydrogen (secondary N) is 1. The monoisotopic (exact) mass is 353 g/mol. The second kappa shape index (κ2) is 7.51. The maximum atomic E-state index is 5.07. The van der Waals surface area contributed by atoms with E-state index in [0.29, 0.717) is 5.88 Å². The fraction of sp³-hybridized carbons (Fsp3) is 0.500. The molecule has 114 valence electrons. The molecule has 0 saturated heterocycles. The van der Waals surface area contributed by atoms with E-state index in [1.54, 1.807) is 7.11 Å². The third-order valence-electron chi connectivity index (χ3n) is 3.17. The van der Waals surface area contributed by atoms with Gasteiger partial charge in [0.1, 0.15) is 0 Å². The summed E-state index contributed by atoms with van der Waals surface area (Å²) in [4.78, 5) is 0. The Morgan fingerprint density at radius 3 is 2.71 bits per heavy atom. The lowest BCUT2D eigenvalue weighted by molar-refractivity contribution is 0.389. The Balaban J connectivity index is 2.39. The van der Waals surface area contributed by atoms with Crippen molar-refractivity contribution >= 4 is 15.9 Å². The van der Waals surface area contributed by atoms with Crippen LogP contribution < -0.4 is 10.1 Å². The van der Waals surface area contributed by atoms with Crippen LogP contribution in [0.2, 0.25) is 0 Å². The highest BCUT2D eigenvalue weighted by atomic mass is 79.9. The van der Waals surface area contributed by atoms with Crippen molar-refractivity contribution in [2.45, 2.75) is 32.9 Å². The SMILES string of the molecule is CCCNC(c1ccc(OC)nn1)c1c(Br)cnn1CC. The summed E-state index contributed by atoms with van der Waals surface area (Å²) in [5.74, 6) is 0.510. The lowest BCUT2D eigenvalue weighted by Crippen LogP contribution is -2.27. The maximum absolute atomic E-state index is 5.07. The van der Waals surface area contributed by atoms with E-state index in [1.807, 2.05) is 23.0 Å². The van der Waals surface area contributed by atoms with Crippen LogP contribution in [0.1, 0.15) is 37.7 Å². The average molecular weight is 354 g/mol. The van der Waals surface area contributed by atoms with Crippen LogP contribution in [0.25, 0.3) is 0 Å². The van der Waals surface area contributed by atoms with Crippen LogP contribution >= 0.6 is 15.9 Å². The van der Waals surface area contributed by atoms with Gasteiger partial charge in [-0.25, -0.2) is 0 Å². The molecule has 1 N–H and O–H groups in total. The first kappa shape index (κ1) is 15.9. The first-order valence-electron chi connectivity index (χ1n) is 7.03. The molecule has 0 fully saturated rings. The van der Waals surface area contributed by atoms with E-state index in [2.05, 4.69) is 50.4 Å². The van der Waals surface area contributed by atoms with Gasteiger partial charge in [-0.1, -0.05) is 6.92 Å². The van der Waals surface area contributed by atoms with E-state index in [4.69, 9.17) is 4.74 Å². The minimum absolute atomic E-state index is 0.0554. The molecule has 0 saturated carbocycles. The van der Waals surface area contributed by atoms with E-state index in [0.717, 1.165) is 35.4 Å². The van der Waals surface area contributed by atoms with E-state index in [1.165, 1.54) is 0 Å². The zero-order valence-electron chi connectivity index (χ0n) is 12.5.